The molecule has 0 aromatic heterocycles. The number of nitro benzene ring substituents is 1. The van der Waals surface area contributed by atoms with Crippen molar-refractivity contribution in [3.63, 3.8) is 0 Å². The first-order valence-corrected chi connectivity index (χ1v) is 6.80. The van der Waals surface area contributed by atoms with Gasteiger partial charge in [0.2, 0.25) is 5.75 Å². The molecule has 7 heteroatoms. The van der Waals surface area contributed by atoms with E-state index in [1.54, 1.807) is 0 Å². The first-order chi connectivity index (χ1) is 10.1. The third kappa shape index (κ3) is 5.57. The van der Waals surface area contributed by atoms with E-state index in [2.05, 4.69) is 0 Å². The van der Waals surface area contributed by atoms with Crippen LogP contribution < -0.4 is 9.47 Å². The predicted octanol–water partition coefficient (Wildman–Crippen LogP) is 2.77. The van der Waals surface area contributed by atoms with Crippen molar-refractivity contribution in [2.75, 3.05) is 26.9 Å². The predicted molar refractivity (Wildman–Crippen MR) is 76.8 cm³/mol. The van der Waals surface area contributed by atoms with Crippen LogP contribution in [0, 0.1) is 10.1 Å². The van der Waals surface area contributed by atoms with Crippen molar-refractivity contribution < 1.29 is 23.9 Å². The molecule has 0 fully saturated rings. The molecule has 1 aromatic rings. The molecule has 1 aromatic carbocycles. The van der Waals surface area contributed by atoms with Gasteiger partial charge in [0.25, 0.3) is 0 Å². The molecule has 0 radical (unpaired) electrons. The van der Waals surface area contributed by atoms with E-state index in [9.17, 15) is 10.1 Å². The number of benzene rings is 1. The van der Waals surface area contributed by atoms with E-state index in [1.165, 1.54) is 25.3 Å². The van der Waals surface area contributed by atoms with E-state index >= 15 is 0 Å². The van der Waals surface area contributed by atoms with E-state index in [-0.39, 0.29) is 24.3 Å². The summed E-state index contributed by atoms with van der Waals surface area (Å²) in [6.45, 7) is 5.06. The smallest absolute Gasteiger partial charge is 0.311 e. The van der Waals surface area contributed by atoms with Gasteiger partial charge in [0, 0.05) is 31.8 Å². The van der Waals surface area contributed by atoms with Crippen LogP contribution in [0.2, 0.25) is 0 Å². The third-order valence-electron chi connectivity index (χ3n) is 2.68. The molecule has 0 saturated heterocycles. The van der Waals surface area contributed by atoms with E-state index in [4.69, 9.17) is 18.9 Å². The highest BCUT2D eigenvalue weighted by Gasteiger charge is 2.17. The Morgan fingerprint density at radius 3 is 2.43 bits per heavy atom. The third-order valence-corrected chi connectivity index (χ3v) is 2.68. The molecule has 0 heterocycles. The fraction of sp³-hybridized carbons (Fsp3) is 0.571. The van der Waals surface area contributed by atoms with Gasteiger partial charge in [0.1, 0.15) is 5.75 Å². The Morgan fingerprint density at radius 2 is 1.90 bits per heavy atom. The summed E-state index contributed by atoms with van der Waals surface area (Å²) in [6, 6.07) is 4.37. The zero-order valence-corrected chi connectivity index (χ0v) is 12.5. The van der Waals surface area contributed by atoms with Gasteiger partial charge >= 0.3 is 5.69 Å². The second kappa shape index (κ2) is 9.15. The van der Waals surface area contributed by atoms with Gasteiger partial charge in [0.15, 0.2) is 6.29 Å². The summed E-state index contributed by atoms with van der Waals surface area (Å²) in [5.74, 6) is 0.674. The molecule has 0 aliphatic rings. The van der Waals surface area contributed by atoms with Crippen molar-refractivity contribution in [3.05, 3.63) is 28.3 Å². The van der Waals surface area contributed by atoms with Crippen LogP contribution in [0.1, 0.15) is 20.3 Å². The topological polar surface area (TPSA) is 80.1 Å². The number of methoxy groups -OCH3 is 1. The molecule has 0 aliphatic carbocycles. The lowest BCUT2D eigenvalue weighted by atomic mass is 10.3. The molecule has 0 atom stereocenters. The summed E-state index contributed by atoms with van der Waals surface area (Å²) in [7, 11) is 1.49. The monoisotopic (exact) mass is 299 g/mol. The maximum atomic E-state index is 11.0. The lowest BCUT2D eigenvalue weighted by Crippen LogP contribution is -2.20. The highest BCUT2D eigenvalue weighted by molar-refractivity contribution is 5.50. The minimum atomic E-state index is -0.489. The molecule has 118 valence electrons. The summed E-state index contributed by atoms with van der Waals surface area (Å²) in [6.07, 6.45) is 0.112. The Balaban J connectivity index is 2.66. The molecular formula is C14H21NO6. The van der Waals surface area contributed by atoms with Crippen LogP contribution >= 0.6 is 0 Å². The Hall–Kier alpha value is -1.86. The Labute approximate surface area is 123 Å². The number of hydrogen-bond donors (Lipinski definition) is 0. The van der Waals surface area contributed by atoms with Crippen molar-refractivity contribution in [1.82, 2.24) is 0 Å². The van der Waals surface area contributed by atoms with E-state index < -0.39 is 4.92 Å². The molecule has 21 heavy (non-hydrogen) atoms. The summed E-state index contributed by atoms with van der Waals surface area (Å²) in [5, 5.41) is 11.0. The Morgan fingerprint density at radius 1 is 1.24 bits per heavy atom. The largest absolute Gasteiger partial charge is 0.497 e. The molecule has 0 N–H and O–H groups in total. The fourth-order valence-corrected chi connectivity index (χ4v) is 1.74. The van der Waals surface area contributed by atoms with Gasteiger partial charge in [-0.25, -0.2) is 0 Å². The zero-order chi connectivity index (χ0) is 15.7. The number of hydrogen-bond acceptors (Lipinski definition) is 6. The van der Waals surface area contributed by atoms with Crippen LogP contribution in [0.3, 0.4) is 0 Å². The quantitative estimate of drug-likeness (QED) is 0.375. The molecule has 0 bridgehead atoms. The molecule has 0 unspecified atom stereocenters. The molecule has 7 nitrogen and oxygen atoms in total. The van der Waals surface area contributed by atoms with Gasteiger partial charge in [-0.3, -0.25) is 10.1 Å². The van der Waals surface area contributed by atoms with Crippen LogP contribution in [0.25, 0.3) is 0 Å². The van der Waals surface area contributed by atoms with Gasteiger partial charge in [-0.1, -0.05) is 0 Å². The second-order valence-corrected chi connectivity index (χ2v) is 4.07. The van der Waals surface area contributed by atoms with Crippen LogP contribution in [0.15, 0.2) is 18.2 Å². The van der Waals surface area contributed by atoms with Gasteiger partial charge in [-0.05, 0) is 19.9 Å². The van der Waals surface area contributed by atoms with Crippen molar-refractivity contribution in [3.8, 4) is 11.5 Å². The first kappa shape index (κ1) is 17.2. The summed E-state index contributed by atoms with van der Waals surface area (Å²) in [5.41, 5.74) is -0.0971. The minimum Gasteiger partial charge on any atom is -0.497 e. The normalized spacial score (nSPS) is 10.7. The summed E-state index contributed by atoms with van der Waals surface area (Å²) < 4.78 is 21.3. The molecule has 1 rings (SSSR count). The fourth-order valence-electron chi connectivity index (χ4n) is 1.74. The summed E-state index contributed by atoms with van der Waals surface area (Å²) in [4.78, 5) is 10.5. The van der Waals surface area contributed by atoms with Crippen molar-refractivity contribution >= 4 is 5.69 Å². The van der Waals surface area contributed by atoms with E-state index in [0.717, 1.165) is 0 Å². The van der Waals surface area contributed by atoms with Gasteiger partial charge in [0.05, 0.1) is 18.6 Å². The maximum Gasteiger partial charge on any atom is 0.311 e. The van der Waals surface area contributed by atoms with Crippen molar-refractivity contribution in [2.45, 2.75) is 26.6 Å². The number of ether oxygens (including phenoxy) is 4. The molecule has 0 spiro atoms. The number of nitro groups is 1. The zero-order valence-electron chi connectivity index (χ0n) is 12.5. The van der Waals surface area contributed by atoms with Crippen molar-refractivity contribution in [2.24, 2.45) is 0 Å². The lowest BCUT2D eigenvalue weighted by Gasteiger charge is -2.17. The minimum absolute atomic E-state index is 0.0971. The van der Waals surface area contributed by atoms with Crippen LogP contribution in [0.4, 0.5) is 5.69 Å². The molecular weight excluding hydrogens is 278 g/mol. The first-order valence-electron chi connectivity index (χ1n) is 6.80. The van der Waals surface area contributed by atoms with Crippen LogP contribution in [0.5, 0.6) is 11.5 Å². The van der Waals surface area contributed by atoms with Gasteiger partial charge < -0.3 is 18.9 Å². The standard InChI is InChI=1S/C14H21NO6/c1-4-19-14(20-5-2)8-9-21-13-10-11(18-3)6-7-12(13)15(16)17/h6-7,10,14H,4-5,8-9H2,1-3H3. The van der Waals surface area contributed by atoms with Gasteiger partial charge in [-0.15, -0.1) is 0 Å². The highest BCUT2D eigenvalue weighted by Crippen LogP contribution is 2.31. The SMILES string of the molecule is CCOC(CCOc1cc(OC)ccc1[N+](=O)[O-])OCC. The van der Waals surface area contributed by atoms with E-state index in [0.29, 0.717) is 25.4 Å². The van der Waals surface area contributed by atoms with Crippen LogP contribution in [-0.2, 0) is 9.47 Å². The highest BCUT2D eigenvalue weighted by atomic mass is 16.7. The molecule has 0 aliphatic heterocycles. The average molecular weight is 299 g/mol. The second-order valence-electron chi connectivity index (χ2n) is 4.07. The van der Waals surface area contributed by atoms with Gasteiger partial charge in [-0.2, -0.15) is 0 Å². The molecule has 0 saturated carbocycles. The lowest BCUT2D eigenvalue weighted by molar-refractivity contribution is -0.385. The Bertz CT molecular complexity index is 445. The average Bonchev–Trinajstić information content (AvgIpc) is 2.47. The summed E-state index contributed by atoms with van der Waals surface area (Å²) >= 11 is 0. The van der Waals surface area contributed by atoms with E-state index in [1.807, 2.05) is 13.8 Å². The number of rotatable bonds is 10. The Kier molecular flexibility index (Phi) is 7.49. The maximum absolute atomic E-state index is 11.0. The number of nitrogens with zero attached hydrogens (tertiary/aromatic N) is 1. The molecule has 0 amide bonds. The van der Waals surface area contributed by atoms with Crippen molar-refractivity contribution in [1.29, 1.82) is 0 Å². The van der Waals surface area contributed by atoms with Crippen LogP contribution in [-0.4, -0.2) is 38.1 Å².